The maximum Gasteiger partial charge on any atom is 0.348 e. The summed E-state index contributed by atoms with van der Waals surface area (Å²) < 4.78 is 24.8. The average Bonchev–Trinajstić information content (AvgIpc) is 3.94. The molecule has 2 bridgehead atoms. The highest BCUT2D eigenvalue weighted by molar-refractivity contribution is 6.30. The zero-order valence-corrected chi connectivity index (χ0v) is 43.4. The second kappa shape index (κ2) is 23.6. The number of hydrogen-bond donors (Lipinski definition) is 5. The first-order valence-corrected chi connectivity index (χ1v) is 24.9. The molecule has 5 N–H and O–H groups in total. The SMILES string of the molecule is CC(=O)Nc1ccc(O)cc1OC[C@@](C)(O)CNC1CCN(Cc2ccc(Cl)cc2)CC1.C[N+](C)(CCCOc1ccccc1)C1[C@H]2CC[C@@H]1[C@H](OC(=O)C1(O)c3ccccc3Oc3ccccc31)C2.[Br-]. The van der Waals surface area contributed by atoms with Crippen molar-refractivity contribution in [3.8, 4) is 28.7 Å². The summed E-state index contributed by atoms with van der Waals surface area (Å²) in [6.07, 6.45) is 5.82. The van der Waals surface area contributed by atoms with Gasteiger partial charge in [-0.15, -0.1) is 0 Å². The van der Waals surface area contributed by atoms with E-state index in [1.54, 1.807) is 37.3 Å². The van der Waals surface area contributed by atoms with E-state index in [-0.39, 0.29) is 47.3 Å². The van der Waals surface area contributed by atoms with Crippen LogP contribution in [-0.2, 0) is 26.5 Å². The van der Waals surface area contributed by atoms with Crippen LogP contribution in [0.15, 0.2) is 121 Å². The monoisotopic (exact) mass is 1050 g/mol. The number of anilines is 1. The Hall–Kier alpha value is -5.19. The highest BCUT2D eigenvalue weighted by Crippen LogP contribution is 2.52. The second-order valence-corrected chi connectivity index (χ2v) is 20.6. The number of carbonyl (C=O) groups excluding carboxylic acids is 2. The molecule has 2 aliphatic carbocycles. The molecule has 5 aromatic carbocycles. The molecule has 380 valence electrons. The van der Waals surface area contributed by atoms with Gasteiger partial charge in [-0.25, -0.2) is 4.79 Å². The summed E-state index contributed by atoms with van der Waals surface area (Å²) in [6, 6.07) is 37.5. The van der Waals surface area contributed by atoms with Gasteiger partial charge >= 0.3 is 5.97 Å². The topological polar surface area (TPSA) is 159 Å². The lowest BCUT2D eigenvalue weighted by atomic mass is 9.83. The van der Waals surface area contributed by atoms with Gasteiger partial charge < -0.3 is 66.4 Å². The maximum atomic E-state index is 13.8. The van der Waals surface area contributed by atoms with Crippen molar-refractivity contribution in [2.75, 3.05) is 58.8 Å². The fraction of sp³-hybridized carbons (Fsp3) is 0.429. The molecule has 3 fully saturated rings. The number of phenolic OH excluding ortho intramolecular Hbond substituents is 1. The zero-order valence-electron chi connectivity index (χ0n) is 41.1. The smallest absolute Gasteiger partial charge is 0.348 e. The quantitative estimate of drug-likeness (QED) is 0.0338. The van der Waals surface area contributed by atoms with Gasteiger partial charge in [-0.1, -0.05) is 78.3 Å². The molecule has 1 saturated heterocycles. The molecule has 5 aromatic rings. The normalized spacial score (nSPS) is 20.9. The Kier molecular flexibility index (Phi) is 17.8. The van der Waals surface area contributed by atoms with E-state index in [0.717, 1.165) is 80.0 Å². The van der Waals surface area contributed by atoms with Crippen LogP contribution in [0.5, 0.6) is 28.7 Å². The van der Waals surface area contributed by atoms with Gasteiger partial charge in [0.25, 0.3) is 0 Å². The minimum absolute atomic E-state index is 0. The van der Waals surface area contributed by atoms with Crippen molar-refractivity contribution in [2.24, 2.45) is 11.8 Å². The van der Waals surface area contributed by atoms with E-state index in [2.05, 4.69) is 41.8 Å². The number of phenols is 1. The standard InChI is InChI=1S/C32H36NO5.C24H32ClN3O4.BrH/c1-33(2,19-10-20-36-23-11-4-3-5-12-23)30-22-17-18-24(30)29(21-22)38-31(34)32(35)25-13-6-8-15-27(25)37-28-16-9-7-14-26(28)32;1-17(29)27-22-8-7-21(30)13-23(22)32-16-24(2,31)15-26-20-9-11-28(12-10-20)14-18-3-5-19(25)6-4-18;/h3-9,11-16,22,24,29-30,35H,10,17-21H2,1-2H3;3-8,13,20,26,30-31H,9-12,14-16H2,1-2H3,(H,27,29);1H/q+1;;/p-1/t22-,24+,29+,30?;24-;/m00./s1. The summed E-state index contributed by atoms with van der Waals surface area (Å²) in [5.41, 5.74) is -0.448. The van der Waals surface area contributed by atoms with Gasteiger partial charge in [-0.2, -0.15) is 0 Å². The van der Waals surface area contributed by atoms with Gasteiger partial charge in [-0.05, 0) is 106 Å². The lowest BCUT2D eigenvalue weighted by molar-refractivity contribution is -0.919. The number of amides is 1. The number of likely N-dealkylation sites (tertiary alicyclic amines) is 1. The van der Waals surface area contributed by atoms with E-state index < -0.39 is 17.2 Å². The van der Waals surface area contributed by atoms with E-state index in [1.807, 2.05) is 66.7 Å². The molecule has 0 aromatic heterocycles. The summed E-state index contributed by atoms with van der Waals surface area (Å²) in [4.78, 5) is 27.6. The molecule has 1 amide bonds. The van der Waals surface area contributed by atoms with Crippen LogP contribution in [0.25, 0.3) is 0 Å². The molecule has 1 unspecified atom stereocenters. The molecule has 2 aliphatic heterocycles. The summed E-state index contributed by atoms with van der Waals surface area (Å²) >= 11 is 5.96. The van der Waals surface area contributed by atoms with Crippen LogP contribution in [0.2, 0.25) is 5.02 Å². The zero-order chi connectivity index (χ0) is 49.5. The summed E-state index contributed by atoms with van der Waals surface area (Å²) in [5, 5.41) is 39.3. The van der Waals surface area contributed by atoms with Gasteiger partial charge in [0.05, 0.1) is 39.0 Å². The molecule has 2 saturated carbocycles. The summed E-state index contributed by atoms with van der Waals surface area (Å²) in [5.74, 6) is 2.14. The lowest BCUT2D eigenvalue weighted by Gasteiger charge is -2.39. The highest BCUT2D eigenvalue weighted by Gasteiger charge is 2.58. The average molecular weight is 1060 g/mol. The number of aromatic hydroxyl groups is 1. The van der Waals surface area contributed by atoms with Crippen molar-refractivity contribution in [3.63, 3.8) is 0 Å². The fourth-order valence-electron chi connectivity index (χ4n) is 10.9. The number of nitrogens with zero attached hydrogens (tertiary/aromatic N) is 2. The molecule has 5 atom stereocenters. The van der Waals surface area contributed by atoms with Gasteiger partial charge in [0, 0.05) is 66.5 Å². The van der Waals surface area contributed by atoms with Gasteiger partial charge in [0.15, 0.2) is 0 Å². The number of benzene rings is 5. The third-order valence-corrected chi connectivity index (χ3v) is 14.6. The van der Waals surface area contributed by atoms with Crippen molar-refractivity contribution in [2.45, 2.75) is 88.3 Å². The second-order valence-electron chi connectivity index (χ2n) is 20.2. The Balaban J connectivity index is 0.000000209. The van der Waals surface area contributed by atoms with Crippen LogP contribution in [-0.4, -0.2) is 114 Å². The molecule has 0 radical (unpaired) electrons. The number of carbonyl (C=O) groups is 2. The van der Waals surface area contributed by atoms with Crippen molar-refractivity contribution >= 4 is 29.2 Å². The van der Waals surface area contributed by atoms with Crippen LogP contribution >= 0.6 is 11.6 Å². The predicted octanol–water partition coefficient (Wildman–Crippen LogP) is 5.68. The number of rotatable bonds is 17. The Labute approximate surface area is 433 Å². The third kappa shape index (κ3) is 13.3. The van der Waals surface area contributed by atoms with Crippen molar-refractivity contribution in [3.05, 3.63) is 143 Å². The minimum Gasteiger partial charge on any atom is -1.00 e. The first kappa shape index (κ1) is 53.6. The Morgan fingerprint density at radius 2 is 1.52 bits per heavy atom. The van der Waals surface area contributed by atoms with Crippen LogP contribution in [0.4, 0.5) is 5.69 Å². The highest BCUT2D eigenvalue weighted by atomic mass is 79.9. The molecular weight excluding hydrogens is 988 g/mol. The van der Waals surface area contributed by atoms with Crippen molar-refractivity contribution in [1.82, 2.24) is 10.2 Å². The van der Waals surface area contributed by atoms with Crippen LogP contribution < -0.4 is 41.8 Å². The number of esters is 1. The Morgan fingerprint density at radius 3 is 2.18 bits per heavy atom. The summed E-state index contributed by atoms with van der Waals surface area (Å²) in [6.45, 7) is 8.07. The van der Waals surface area contributed by atoms with E-state index in [4.69, 9.17) is 30.5 Å². The number of piperidine rings is 1. The number of quaternary nitrogens is 1. The largest absolute Gasteiger partial charge is 1.00 e. The van der Waals surface area contributed by atoms with E-state index in [1.165, 1.54) is 24.6 Å². The van der Waals surface area contributed by atoms with Crippen molar-refractivity contribution < 1.29 is 65.3 Å². The molecule has 71 heavy (non-hydrogen) atoms. The Morgan fingerprint density at radius 1 is 0.873 bits per heavy atom. The van der Waals surface area contributed by atoms with Crippen molar-refractivity contribution in [1.29, 1.82) is 0 Å². The first-order valence-electron chi connectivity index (χ1n) is 24.5. The fourth-order valence-corrected chi connectivity index (χ4v) is 11.0. The van der Waals surface area contributed by atoms with Crippen LogP contribution in [0, 0.1) is 11.8 Å². The molecule has 4 aliphatic rings. The van der Waals surface area contributed by atoms with E-state index in [9.17, 15) is 24.9 Å². The third-order valence-electron chi connectivity index (χ3n) is 14.3. The lowest BCUT2D eigenvalue weighted by Crippen LogP contribution is -3.00. The number of halogens is 2. The van der Waals surface area contributed by atoms with E-state index in [0.29, 0.717) is 65.2 Å². The van der Waals surface area contributed by atoms with Gasteiger partial charge in [0.1, 0.15) is 47.1 Å². The maximum absolute atomic E-state index is 13.8. The number of hydrogen-bond acceptors (Lipinski definition) is 11. The molecule has 15 heteroatoms. The van der Waals surface area contributed by atoms with Crippen LogP contribution in [0.3, 0.4) is 0 Å². The number of nitrogens with one attached hydrogen (secondary N) is 2. The molecule has 13 nitrogen and oxygen atoms in total. The molecule has 9 rings (SSSR count). The first-order chi connectivity index (χ1) is 33.6. The molecular formula is C56H68BrClN4O9. The number of aliphatic hydroxyl groups is 2. The molecule has 0 spiro atoms. The van der Waals surface area contributed by atoms with Gasteiger partial charge in [0.2, 0.25) is 11.5 Å². The predicted molar refractivity (Wildman–Crippen MR) is 270 cm³/mol. The minimum atomic E-state index is -1.90. The van der Waals surface area contributed by atoms with Gasteiger partial charge in [-0.3, -0.25) is 9.69 Å². The number of para-hydroxylation sites is 3. The molecule has 2 heterocycles. The van der Waals surface area contributed by atoms with E-state index >= 15 is 0 Å². The van der Waals surface area contributed by atoms with Crippen LogP contribution in [0.1, 0.15) is 69.1 Å². The number of fused-ring (bicyclic) bond motifs is 4. The Bertz CT molecular complexity index is 2510. The number of ether oxygens (including phenoxy) is 4. The summed E-state index contributed by atoms with van der Waals surface area (Å²) in [7, 11) is 4.59.